The van der Waals surface area contributed by atoms with Gasteiger partial charge in [-0.05, 0) is 41.1 Å². The fourth-order valence-corrected chi connectivity index (χ4v) is 3.40. The van der Waals surface area contributed by atoms with Gasteiger partial charge in [0.2, 0.25) is 5.84 Å². The van der Waals surface area contributed by atoms with Gasteiger partial charge >= 0.3 is 0 Å². The SMILES string of the molecule is c1ccc(N/N=C(/N=Nc2ccc3ccccc3n2)c2cccc3ccccc23)cc1. The lowest BCUT2D eigenvalue weighted by atomic mass is 10.0. The van der Waals surface area contributed by atoms with Crippen LogP contribution in [0.3, 0.4) is 0 Å². The van der Waals surface area contributed by atoms with Crippen LogP contribution in [-0.2, 0) is 0 Å². The number of hydrazone groups is 1. The van der Waals surface area contributed by atoms with Gasteiger partial charge in [0, 0.05) is 10.9 Å². The zero-order valence-electron chi connectivity index (χ0n) is 16.7. The molecule has 0 aliphatic rings. The molecule has 0 aliphatic carbocycles. The predicted octanol–water partition coefficient (Wildman–Crippen LogP) is 6.95. The number of fused-ring (bicyclic) bond motifs is 2. The molecule has 5 rings (SSSR count). The first-order valence-corrected chi connectivity index (χ1v) is 10.0. The van der Waals surface area contributed by atoms with Crippen molar-refractivity contribution in [1.29, 1.82) is 0 Å². The van der Waals surface area contributed by atoms with Gasteiger partial charge in [0.15, 0.2) is 5.82 Å². The Hall–Kier alpha value is -4.38. The van der Waals surface area contributed by atoms with Crippen LogP contribution >= 0.6 is 0 Å². The van der Waals surface area contributed by atoms with E-state index in [0.29, 0.717) is 11.7 Å². The van der Waals surface area contributed by atoms with Crippen molar-refractivity contribution in [3.05, 3.63) is 115 Å². The summed E-state index contributed by atoms with van der Waals surface area (Å²) in [4.78, 5) is 4.59. The molecule has 0 saturated heterocycles. The van der Waals surface area contributed by atoms with Crippen LogP contribution in [0.25, 0.3) is 21.7 Å². The molecule has 5 aromatic rings. The zero-order chi connectivity index (χ0) is 20.9. The second-order valence-electron chi connectivity index (χ2n) is 7.00. The number of pyridine rings is 1. The number of hydrogen-bond acceptors (Lipinski definition) is 4. The van der Waals surface area contributed by atoms with E-state index >= 15 is 0 Å². The number of hydrogen-bond donors (Lipinski definition) is 1. The summed E-state index contributed by atoms with van der Waals surface area (Å²) in [5.41, 5.74) is 5.74. The summed E-state index contributed by atoms with van der Waals surface area (Å²) in [6.45, 7) is 0. The largest absolute Gasteiger partial charge is 0.276 e. The molecule has 1 N–H and O–H groups in total. The number of anilines is 1. The third kappa shape index (κ3) is 4.16. The molecular weight excluding hydrogens is 382 g/mol. The summed E-state index contributed by atoms with van der Waals surface area (Å²) >= 11 is 0. The lowest BCUT2D eigenvalue weighted by Gasteiger charge is -2.07. The van der Waals surface area contributed by atoms with E-state index in [9.17, 15) is 0 Å². The Bertz CT molecular complexity index is 1400. The molecule has 148 valence electrons. The maximum Gasteiger partial charge on any atom is 0.201 e. The standard InChI is InChI=1S/C26H19N5/c1-2-12-21(13-3-1)28-30-26(23-15-8-11-19-9-4-6-14-22(19)23)31-29-25-18-17-20-10-5-7-16-24(20)27-25/h1-18,28H/b30-26+,31-29?. The first kappa shape index (κ1) is 18.6. The summed E-state index contributed by atoms with van der Waals surface area (Å²) < 4.78 is 0. The van der Waals surface area contributed by atoms with Gasteiger partial charge in [-0.1, -0.05) is 78.9 Å². The monoisotopic (exact) mass is 401 g/mol. The molecule has 0 fully saturated rings. The van der Waals surface area contributed by atoms with E-state index < -0.39 is 0 Å². The van der Waals surface area contributed by atoms with Crippen molar-refractivity contribution >= 4 is 39.0 Å². The van der Waals surface area contributed by atoms with Gasteiger partial charge in [-0.15, -0.1) is 10.2 Å². The minimum absolute atomic E-state index is 0.482. The lowest BCUT2D eigenvalue weighted by Crippen LogP contribution is -2.02. The molecule has 0 bridgehead atoms. The summed E-state index contributed by atoms with van der Waals surface area (Å²) in [5, 5.41) is 16.7. The Balaban J connectivity index is 1.56. The minimum atomic E-state index is 0.482. The van der Waals surface area contributed by atoms with Crippen LogP contribution in [0.1, 0.15) is 5.56 Å². The third-order valence-corrected chi connectivity index (χ3v) is 4.93. The van der Waals surface area contributed by atoms with Crippen LogP contribution < -0.4 is 5.43 Å². The molecule has 0 unspecified atom stereocenters. The Morgan fingerprint density at radius 2 is 1.39 bits per heavy atom. The van der Waals surface area contributed by atoms with Gasteiger partial charge < -0.3 is 0 Å². The molecule has 5 nitrogen and oxygen atoms in total. The maximum atomic E-state index is 4.59. The Morgan fingerprint density at radius 1 is 0.645 bits per heavy atom. The van der Waals surface area contributed by atoms with Crippen LogP contribution in [-0.4, -0.2) is 10.8 Å². The van der Waals surface area contributed by atoms with Crippen LogP contribution in [0.4, 0.5) is 11.5 Å². The molecule has 0 saturated carbocycles. The van der Waals surface area contributed by atoms with E-state index in [1.54, 1.807) is 0 Å². The smallest absolute Gasteiger partial charge is 0.201 e. The number of nitrogens with one attached hydrogen (secondary N) is 1. The highest BCUT2D eigenvalue weighted by Gasteiger charge is 2.08. The van der Waals surface area contributed by atoms with Crippen molar-refractivity contribution in [3.63, 3.8) is 0 Å². The highest BCUT2D eigenvalue weighted by atomic mass is 15.3. The summed E-state index contributed by atoms with van der Waals surface area (Å²) in [5.74, 6) is 1.02. The highest BCUT2D eigenvalue weighted by molar-refractivity contribution is 6.10. The second-order valence-corrected chi connectivity index (χ2v) is 7.00. The maximum absolute atomic E-state index is 4.59. The van der Waals surface area contributed by atoms with Crippen molar-refractivity contribution < 1.29 is 0 Å². The fourth-order valence-electron chi connectivity index (χ4n) is 3.40. The molecule has 0 spiro atoms. The van der Waals surface area contributed by atoms with Gasteiger partial charge in [-0.25, -0.2) is 4.98 Å². The third-order valence-electron chi connectivity index (χ3n) is 4.93. The number of amidine groups is 1. The molecule has 0 atom stereocenters. The van der Waals surface area contributed by atoms with Crippen molar-refractivity contribution in [2.45, 2.75) is 0 Å². The van der Waals surface area contributed by atoms with E-state index in [4.69, 9.17) is 0 Å². The fraction of sp³-hybridized carbons (Fsp3) is 0. The minimum Gasteiger partial charge on any atom is -0.276 e. The van der Waals surface area contributed by atoms with Crippen molar-refractivity contribution in [2.24, 2.45) is 15.3 Å². The lowest BCUT2D eigenvalue weighted by molar-refractivity contribution is 1.18. The van der Waals surface area contributed by atoms with Gasteiger partial charge in [-0.2, -0.15) is 5.10 Å². The van der Waals surface area contributed by atoms with Crippen LogP contribution in [0.2, 0.25) is 0 Å². The number of benzene rings is 4. The van der Waals surface area contributed by atoms with E-state index in [2.05, 4.69) is 43.9 Å². The molecule has 0 amide bonds. The van der Waals surface area contributed by atoms with E-state index in [1.807, 2.05) is 91.0 Å². The molecular formula is C26H19N5. The number of aromatic nitrogens is 1. The Kier molecular flexibility index (Phi) is 5.14. The van der Waals surface area contributed by atoms with Crippen molar-refractivity contribution in [3.8, 4) is 0 Å². The van der Waals surface area contributed by atoms with Crippen molar-refractivity contribution in [1.82, 2.24) is 4.98 Å². The first-order valence-electron chi connectivity index (χ1n) is 10.0. The number of para-hydroxylation sites is 2. The quantitative estimate of drug-likeness (QED) is 0.153. The number of rotatable bonds is 4. The topological polar surface area (TPSA) is 62.0 Å². The summed E-state index contributed by atoms with van der Waals surface area (Å²) in [6.07, 6.45) is 0. The van der Waals surface area contributed by atoms with Gasteiger partial charge in [0.1, 0.15) is 0 Å². The first-order chi connectivity index (χ1) is 15.4. The Morgan fingerprint density at radius 3 is 2.29 bits per heavy atom. The molecule has 1 aromatic heterocycles. The van der Waals surface area contributed by atoms with Gasteiger partial charge in [-0.3, -0.25) is 5.43 Å². The van der Waals surface area contributed by atoms with E-state index in [-0.39, 0.29) is 0 Å². The summed E-state index contributed by atoms with van der Waals surface area (Å²) in [6, 6.07) is 35.8. The van der Waals surface area contributed by atoms with E-state index in [1.165, 1.54) is 0 Å². The molecule has 4 aromatic carbocycles. The van der Waals surface area contributed by atoms with Crippen LogP contribution in [0, 0.1) is 0 Å². The molecule has 5 heteroatoms. The Labute approximate surface area is 179 Å². The summed E-state index contributed by atoms with van der Waals surface area (Å²) in [7, 11) is 0. The predicted molar refractivity (Wildman–Crippen MR) is 127 cm³/mol. The molecule has 0 aliphatic heterocycles. The number of azo groups is 1. The van der Waals surface area contributed by atoms with Gasteiger partial charge in [0.25, 0.3) is 0 Å². The average molecular weight is 401 g/mol. The van der Waals surface area contributed by atoms with E-state index in [0.717, 1.165) is 32.9 Å². The zero-order valence-corrected chi connectivity index (χ0v) is 16.7. The van der Waals surface area contributed by atoms with Crippen molar-refractivity contribution in [2.75, 3.05) is 5.43 Å². The second kappa shape index (κ2) is 8.55. The van der Waals surface area contributed by atoms with Gasteiger partial charge in [0.05, 0.1) is 11.2 Å². The molecule has 1 heterocycles. The molecule has 31 heavy (non-hydrogen) atoms. The number of nitrogens with zero attached hydrogens (tertiary/aromatic N) is 4. The van der Waals surface area contributed by atoms with Crippen LogP contribution in [0.5, 0.6) is 0 Å². The molecule has 0 radical (unpaired) electrons. The highest BCUT2D eigenvalue weighted by Crippen LogP contribution is 2.22. The average Bonchev–Trinajstić information content (AvgIpc) is 2.84. The van der Waals surface area contributed by atoms with Crippen LogP contribution in [0.15, 0.2) is 125 Å². The normalized spacial score (nSPS) is 11.9.